The first-order valence-corrected chi connectivity index (χ1v) is 7.00. The zero-order valence-electron chi connectivity index (χ0n) is 12.2. The number of halogens is 2. The number of hydrogen-bond acceptors (Lipinski definition) is 1. The average Bonchev–Trinajstić information content (AvgIpc) is 2.70. The van der Waals surface area contributed by atoms with E-state index in [1.807, 2.05) is 7.05 Å². The van der Waals surface area contributed by atoms with Gasteiger partial charge in [-0.15, -0.1) is 0 Å². The molecular formula is C16H23F2N. The maximum absolute atomic E-state index is 14.2. The molecule has 0 bridgehead atoms. The van der Waals surface area contributed by atoms with E-state index in [9.17, 15) is 8.78 Å². The second kappa shape index (κ2) is 5.20. The Bertz CT molecular complexity index is 468. The van der Waals surface area contributed by atoms with Crippen molar-refractivity contribution in [3.63, 3.8) is 0 Å². The molecule has 0 radical (unpaired) electrons. The van der Waals surface area contributed by atoms with Crippen LogP contribution in [0.4, 0.5) is 8.78 Å². The molecule has 1 fully saturated rings. The Labute approximate surface area is 114 Å². The third-order valence-corrected chi connectivity index (χ3v) is 4.69. The topological polar surface area (TPSA) is 12.0 Å². The highest BCUT2D eigenvalue weighted by Gasteiger charge is 2.40. The van der Waals surface area contributed by atoms with Gasteiger partial charge >= 0.3 is 0 Å². The average molecular weight is 267 g/mol. The van der Waals surface area contributed by atoms with Gasteiger partial charge in [-0.25, -0.2) is 8.78 Å². The van der Waals surface area contributed by atoms with Gasteiger partial charge in [0.1, 0.15) is 0 Å². The standard InChI is InChI=1S/C16H23F2N/c1-10-7-8-11(14(18)13(10)17)15(19-4)12-6-5-9-16(12,2)3/h7-8,12,15,19H,5-6,9H2,1-4H3. The van der Waals surface area contributed by atoms with Crippen LogP contribution in [0.1, 0.15) is 50.3 Å². The monoisotopic (exact) mass is 267 g/mol. The van der Waals surface area contributed by atoms with Gasteiger partial charge in [0, 0.05) is 11.6 Å². The molecule has 106 valence electrons. The van der Waals surface area contributed by atoms with Gasteiger partial charge in [-0.05, 0) is 43.7 Å². The van der Waals surface area contributed by atoms with Crippen LogP contribution in [0.25, 0.3) is 0 Å². The lowest BCUT2D eigenvalue weighted by atomic mass is 9.75. The van der Waals surface area contributed by atoms with Crippen molar-refractivity contribution in [3.8, 4) is 0 Å². The molecule has 0 aromatic heterocycles. The Hall–Kier alpha value is -0.960. The molecule has 0 aliphatic heterocycles. The zero-order chi connectivity index (χ0) is 14.2. The third-order valence-electron chi connectivity index (χ3n) is 4.69. The molecule has 2 atom stereocenters. The number of aryl methyl sites for hydroxylation is 1. The quantitative estimate of drug-likeness (QED) is 0.858. The number of rotatable bonds is 3. The van der Waals surface area contributed by atoms with Crippen LogP contribution in [0.2, 0.25) is 0 Å². The highest BCUT2D eigenvalue weighted by molar-refractivity contribution is 5.29. The summed E-state index contributed by atoms with van der Waals surface area (Å²) in [7, 11) is 1.83. The molecule has 1 N–H and O–H groups in total. The molecule has 1 aliphatic rings. The van der Waals surface area contributed by atoms with E-state index in [2.05, 4.69) is 19.2 Å². The smallest absolute Gasteiger partial charge is 0.163 e. The predicted molar refractivity (Wildman–Crippen MR) is 74.0 cm³/mol. The first kappa shape index (κ1) is 14.4. The van der Waals surface area contributed by atoms with Crippen LogP contribution >= 0.6 is 0 Å². The van der Waals surface area contributed by atoms with Crippen molar-refractivity contribution in [1.29, 1.82) is 0 Å². The normalized spacial score (nSPS) is 23.6. The van der Waals surface area contributed by atoms with Crippen LogP contribution in [-0.2, 0) is 0 Å². The molecule has 1 nitrogen and oxygen atoms in total. The highest BCUT2D eigenvalue weighted by Crippen LogP contribution is 2.49. The lowest BCUT2D eigenvalue weighted by molar-refractivity contribution is 0.200. The summed E-state index contributed by atoms with van der Waals surface area (Å²) in [5.74, 6) is -1.07. The fourth-order valence-electron chi connectivity index (χ4n) is 3.45. The minimum atomic E-state index is -0.714. The Morgan fingerprint density at radius 3 is 2.47 bits per heavy atom. The molecule has 1 aromatic rings. The summed E-state index contributed by atoms with van der Waals surface area (Å²) in [6.45, 7) is 6.03. The number of benzene rings is 1. The summed E-state index contributed by atoms with van der Waals surface area (Å²) in [5, 5.41) is 3.20. The van der Waals surface area contributed by atoms with Gasteiger partial charge in [0.25, 0.3) is 0 Å². The molecule has 0 heterocycles. The molecule has 19 heavy (non-hydrogen) atoms. The number of nitrogens with one attached hydrogen (secondary N) is 1. The largest absolute Gasteiger partial charge is 0.313 e. The molecule has 0 saturated heterocycles. The summed E-state index contributed by atoms with van der Waals surface area (Å²) in [6.07, 6.45) is 3.37. The van der Waals surface area contributed by atoms with Crippen LogP contribution in [0, 0.1) is 29.9 Å². The molecule has 1 aromatic carbocycles. The maximum Gasteiger partial charge on any atom is 0.163 e. The van der Waals surface area contributed by atoms with Crippen molar-refractivity contribution in [2.45, 2.75) is 46.1 Å². The van der Waals surface area contributed by atoms with Crippen molar-refractivity contribution in [3.05, 3.63) is 34.9 Å². The lowest BCUT2D eigenvalue weighted by Gasteiger charge is -2.34. The van der Waals surface area contributed by atoms with Crippen LogP contribution in [-0.4, -0.2) is 7.05 Å². The van der Waals surface area contributed by atoms with E-state index in [4.69, 9.17) is 0 Å². The van der Waals surface area contributed by atoms with Crippen LogP contribution < -0.4 is 5.32 Å². The van der Waals surface area contributed by atoms with Crippen molar-refractivity contribution in [1.82, 2.24) is 5.32 Å². The SMILES string of the molecule is CNC(c1ccc(C)c(F)c1F)C1CCCC1(C)C. The van der Waals surface area contributed by atoms with E-state index >= 15 is 0 Å². The minimum Gasteiger partial charge on any atom is -0.313 e. The lowest BCUT2D eigenvalue weighted by Crippen LogP contribution is -2.32. The third kappa shape index (κ3) is 2.53. The van der Waals surface area contributed by atoms with E-state index in [1.54, 1.807) is 19.1 Å². The van der Waals surface area contributed by atoms with Crippen LogP contribution in [0.15, 0.2) is 12.1 Å². The Morgan fingerprint density at radius 1 is 1.26 bits per heavy atom. The van der Waals surface area contributed by atoms with E-state index in [1.165, 1.54) is 0 Å². The second-order valence-electron chi connectivity index (χ2n) is 6.35. The summed E-state index contributed by atoms with van der Waals surface area (Å²) in [4.78, 5) is 0. The fraction of sp³-hybridized carbons (Fsp3) is 0.625. The van der Waals surface area contributed by atoms with Crippen molar-refractivity contribution < 1.29 is 8.78 Å². The van der Waals surface area contributed by atoms with Crippen LogP contribution in [0.5, 0.6) is 0 Å². The second-order valence-corrected chi connectivity index (χ2v) is 6.35. The van der Waals surface area contributed by atoms with Gasteiger partial charge in [-0.3, -0.25) is 0 Å². The van der Waals surface area contributed by atoms with Gasteiger partial charge in [-0.2, -0.15) is 0 Å². The molecule has 1 saturated carbocycles. The Kier molecular flexibility index (Phi) is 3.95. The van der Waals surface area contributed by atoms with Crippen LogP contribution in [0.3, 0.4) is 0 Å². The van der Waals surface area contributed by atoms with Gasteiger partial charge in [0.05, 0.1) is 0 Å². The Morgan fingerprint density at radius 2 is 1.95 bits per heavy atom. The Balaban J connectivity index is 2.40. The van der Waals surface area contributed by atoms with Crippen molar-refractivity contribution >= 4 is 0 Å². The summed E-state index contributed by atoms with van der Waals surface area (Å²) in [5.41, 5.74) is 0.994. The highest BCUT2D eigenvalue weighted by atomic mass is 19.2. The van der Waals surface area contributed by atoms with Gasteiger partial charge in [0.15, 0.2) is 11.6 Å². The van der Waals surface area contributed by atoms with E-state index < -0.39 is 11.6 Å². The van der Waals surface area contributed by atoms with Crippen molar-refractivity contribution in [2.24, 2.45) is 11.3 Å². The van der Waals surface area contributed by atoms with Gasteiger partial charge < -0.3 is 5.32 Å². The molecule has 0 amide bonds. The molecular weight excluding hydrogens is 244 g/mol. The fourth-order valence-corrected chi connectivity index (χ4v) is 3.45. The first-order chi connectivity index (χ1) is 8.88. The minimum absolute atomic E-state index is 0.118. The molecule has 2 unspecified atom stereocenters. The maximum atomic E-state index is 14.2. The molecule has 2 rings (SSSR count). The first-order valence-electron chi connectivity index (χ1n) is 7.00. The summed E-state index contributed by atoms with van der Waals surface area (Å²) in [6, 6.07) is 3.27. The summed E-state index contributed by atoms with van der Waals surface area (Å²) < 4.78 is 28.0. The van der Waals surface area contributed by atoms with E-state index in [-0.39, 0.29) is 11.5 Å². The number of hydrogen-bond donors (Lipinski definition) is 1. The van der Waals surface area contributed by atoms with E-state index in [0.717, 1.165) is 19.3 Å². The molecule has 3 heteroatoms. The van der Waals surface area contributed by atoms with Gasteiger partial charge in [-0.1, -0.05) is 32.4 Å². The van der Waals surface area contributed by atoms with E-state index in [0.29, 0.717) is 17.0 Å². The zero-order valence-corrected chi connectivity index (χ0v) is 12.2. The molecule has 1 aliphatic carbocycles. The summed E-state index contributed by atoms with van der Waals surface area (Å²) >= 11 is 0. The molecule has 0 spiro atoms. The van der Waals surface area contributed by atoms with Gasteiger partial charge in [0.2, 0.25) is 0 Å². The predicted octanol–water partition coefficient (Wildman–Crippen LogP) is 4.36. The van der Waals surface area contributed by atoms with Crippen molar-refractivity contribution in [2.75, 3.05) is 7.05 Å².